The lowest BCUT2D eigenvalue weighted by Gasteiger charge is -2.28. The van der Waals surface area contributed by atoms with E-state index in [4.69, 9.17) is 32.7 Å². The van der Waals surface area contributed by atoms with Gasteiger partial charge in [0.25, 0.3) is 0 Å². The molecule has 0 aliphatic heterocycles. The molecule has 0 aliphatic carbocycles. The summed E-state index contributed by atoms with van der Waals surface area (Å²) >= 11 is 13.1. The highest BCUT2D eigenvalue weighted by Crippen LogP contribution is 2.42. The lowest BCUT2D eigenvalue weighted by atomic mass is 9.83. The highest BCUT2D eigenvalue weighted by molar-refractivity contribution is 7.90. The summed E-state index contributed by atoms with van der Waals surface area (Å²) in [7, 11) is -4.08. The molecule has 14 heteroatoms. The third-order valence-corrected chi connectivity index (χ3v) is 9.49. The molecule has 272 valence electrons. The number of hydrogen-bond donors (Lipinski definition) is 1. The molecule has 0 aliphatic rings. The molecule has 1 heterocycles. The number of halogens is 4. The van der Waals surface area contributed by atoms with Gasteiger partial charge in [0, 0.05) is 45.8 Å². The summed E-state index contributed by atoms with van der Waals surface area (Å²) in [4.78, 5) is 28.3. The molecular weight excluding hydrogens is 725 g/mol. The number of esters is 2. The van der Waals surface area contributed by atoms with E-state index in [9.17, 15) is 23.1 Å². The molecule has 3 aromatic carbocycles. The van der Waals surface area contributed by atoms with Crippen molar-refractivity contribution in [1.82, 2.24) is 9.55 Å². The number of ether oxygens (including phenoxy) is 2. The molecule has 1 aromatic heterocycles. The predicted molar refractivity (Wildman–Crippen MR) is 191 cm³/mol. The Morgan fingerprint density at radius 2 is 1.49 bits per heavy atom. The molecule has 4 rings (SSSR count). The number of aliphatic hydroxyl groups is 1. The number of aromatic nitrogens is 2. The average molecular weight is 764 g/mol. The Labute approximate surface area is 305 Å². The zero-order valence-corrected chi connectivity index (χ0v) is 31.6. The van der Waals surface area contributed by atoms with Gasteiger partial charge in [-0.1, -0.05) is 35.3 Å². The summed E-state index contributed by atoms with van der Waals surface area (Å²) in [6.45, 7) is 10.9. The maximum absolute atomic E-state index is 16.1. The number of hydrogen-bond acceptors (Lipinski definition) is 8. The second-order valence-corrected chi connectivity index (χ2v) is 16.7. The zero-order chi connectivity index (χ0) is 38.3. The van der Waals surface area contributed by atoms with Crippen molar-refractivity contribution in [2.75, 3.05) is 6.26 Å². The van der Waals surface area contributed by atoms with Gasteiger partial charge in [0.2, 0.25) is 0 Å². The van der Waals surface area contributed by atoms with Crippen molar-refractivity contribution in [3.8, 4) is 16.8 Å². The summed E-state index contributed by atoms with van der Waals surface area (Å²) < 4.78 is 68.8. The van der Waals surface area contributed by atoms with Crippen molar-refractivity contribution in [1.29, 1.82) is 0 Å². The van der Waals surface area contributed by atoms with E-state index in [0.717, 1.165) is 36.6 Å². The molecule has 1 N–H and O–H groups in total. The summed E-state index contributed by atoms with van der Waals surface area (Å²) in [6.07, 6.45) is 3.98. The summed E-state index contributed by atoms with van der Waals surface area (Å²) in [5.74, 6) is -3.32. The summed E-state index contributed by atoms with van der Waals surface area (Å²) in [6, 6.07) is 11.2. The van der Waals surface area contributed by atoms with Gasteiger partial charge in [0.1, 0.15) is 35.3 Å². The van der Waals surface area contributed by atoms with E-state index in [2.05, 4.69) is 4.98 Å². The zero-order valence-electron chi connectivity index (χ0n) is 29.3. The molecule has 0 saturated carbocycles. The fourth-order valence-corrected chi connectivity index (χ4v) is 7.12. The Bertz CT molecular complexity index is 2130. The van der Waals surface area contributed by atoms with E-state index < -0.39 is 67.1 Å². The minimum atomic E-state index is -4.08. The lowest BCUT2D eigenvalue weighted by molar-refractivity contribution is -0.149. The molecule has 0 radical (unpaired) electrons. The molecule has 0 bridgehead atoms. The van der Waals surface area contributed by atoms with Crippen LogP contribution in [0.15, 0.2) is 71.8 Å². The smallest absolute Gasteiger partial charge is 0.331 e. The maximum Gasteiger partial charge on any atom is 0.331 e. The quantitative estimate of drug-likeness (QED) is 0.127. The van der Waals surface area contributed by atoms with E-state index in [-0.39, 0.29) is 22.5 Å². The third kappa shape index (κ3) is 9.23. The van der Waals surface area contributed by atoms with Gasteiger partial charge < -0.3 is 14.6 Å². The molecule has 0 fully saturated rings. The number of imidazole rings is 1. The SMILES string of the molecule is CC(C)(C)OC(=O)C=CC(=O)OCc1c(F)cc(-c2ccc(-n3cc(C(C)(C)O)nc3C(C)(C)c3c(Cl)cccc3Cl)c(F)c2)cc1S(C)(=O)=O. The van der Waals surface area contributed by atoms with Crippen LogP contribution in [0.25, 0.3) is 16.8 Å². The number of rotatable bonds is 10. The van der Waals surface area contributed by atoms with Crippen LogP contribution < -0.4 is 0 Å². The largest absolute Gasteiger partial charge is 0.457 e. The fourth-order valence-electron chi connectivity index (χ4n) is 5.30. The van der Waals surface area contributed by atoms with Gasteiger partial charge in [-0.15, -0.1) is 0 Å². The van der Waals surface area contributed by atoms with Gasteiger partial charge in [0.05, 0.1) is 21.7 Å². The highest BCUT2D eigenvalue weighted by Gasteiger charge is 2.36. The van der Waals surface area contributed by atoms with Crippen LogP contribution in [0.4, 0.5) is 8.78 Å². The predicted octanol–water partition coefficient (Wildman–Crippen LogP) is 8.02. The van der Waals surface area contributed by atoms with Gasteiger partial charge in [-0.2, -0.15) is 0 Å². The van der Waals surface area contributed by atoms with Crippen LogP contribution in [0.1, 0.15) is 71.1 Å². The van der Waals surface area contributed by atoms with Crippen molar-refractivity contribution in [2.45, 2.75) is 76.6 Å². The van der Waals surface area contributed by atoms with Gasteiger partial charge in [-0.25, -0.2) is 31.8 Å². The van der Waals surface area contributed by atoms with Crippen LogP contribution in [0.3, 0.4) is 0 Å². The molecule has 0 saturated heterocycles. The van der Waals surface area contributed by atoms with Gasteiger partial charge in [-0.05, 0) is 96.0 Å². The molecular formula is C37H38Cl2F2N2O7S. The molecule has 0 atom stereocenters. The first-order chi connectivity index (χ1) is 23.4. The minimum Gasteiger partial charge on any atom is -0.457 e. The van der Waals surface area contributed by atoms with Crippen molar-refractivity contribution in [3.05, 3.63) is 111 Å². The van der Waals surface area contributed by atoms with Gasteiger partial charge in [0.15, 0.2) is 9.84 Å². The number of carbonyl (C=O) groups is 2. The lowest BCUT2D eigenvalue weighted by Crippen LogP contribution is -2.25. The molecule has 0 amide bonds. The van der Waals surface area contributed by atoms with Gasteiger partial charge in [-0.3, -0.25) is 4.57 Å². The van der Waals surface area contributed by atoms with Crippen LogP contribution in [-0.4, -0.2) is 46.9 Å². The second-order valence-electron chi connectivity index (χ2n) is 13.9. The standard InChI is InChI=1S/C37H38Cl2F2N2O7S/c1-35(2,3)50-32(45)15-14-31(44)49-20-23-26(40)17-22(18-29(23)51(8,47)48)21-12-13-28(27(41)16-21)43-19-30(37(6,7)46)42-34(43)36(4,5)33-24(38)10-9-11-25(33)39/h9-19,46H,20H2,1-8H3. The van der Waals surface area contributed by atoms with Crippen LogP contribution in [0, 0.1) is 11.6 Å². The number of carbonyl (C=O) groups excluding carboxylic acids is 2. The van der Waals surface area contributed by atoms with Crippen molar-refractivity contribution in [3.63, 3.8) is 0 Å². The third-order valence-electron chi connectivity index (χ3n) is 7.70. The topological polar surface area (TPSA) is 125 Å². The first kappa shape index (κ1) is 39.7. The summed E-state index contributed by atoms with van der Waals surface area (Å²) in [5, 5.41) is 11.5. The van der Waals surface area contributed by atoms with Crippen LogP contribution >= 0.6 is 23.2 Å². The second kappa shape index (κ2) is 14.5. The summed E-state index contributed by atoms with van der Waals surface area (Å²) in [5.41, 5.74) is -2.65. The van der Waals surface area contributed by atoms with E-state index in [1.165, 1.54) is 36.7 Å². The molecule has 0 unspecified atom stereocenters. The van der Waals surface area contributed by atoms with Gasteiger partial charge >= 0.3 is 11.9 Å². The fraction of sp³-hybridized carbons (Fsp3) is 0.324. The Kier molecular flexibility index (Phi) is 11.3. The first-order valence-corrected chi connectivity index (χ1v) is 18.2. The van der Waals surface area contributed by atoms with E-state index in [1.807, 2.05) is 13.8 Å². The normalized spacial score (nSPS) is 12.7. The monoisotopic (exact) mass is 762 g/mol. The number of nitrogens with zero attached hydrogens (tertiary/aromatic N) is 2. The molecule has 4 aromatic rings. The number of benzene rings is 3. The van der Waals surface area contributed by atoms with Crippen molar-refractivity contribution in [2.24, 2.45) is 0 Å². The molecule has 0 spiro atoms. The van der Waals surface area contributed by atoms with Crippen LogP contribution in [0.5, 0.6) is 0 Å². The number of sulfone groups is 1. The highest BCUT2D eigenvalue weighted by atomic mass is 35.5. The Balaban J connectivity index is 1.73. The Morgan fingerprint density at radius 3 is 2.04 bits per heavy atom. The van der Waals surface area contributed by atoms with E-state index in [0.29, 0.717) is 21.4 Å². The minimum absolute atomic E-state index is 0.0276. The molecule has 9 nitrogen and oxygen atoms in total. The van der Waals surface area contributed by atoms with Crippen LogP contribution in [-0.2, 0) is 46.5 Å². The first-order valence-electron chi connectivity index (χ1n) is 15.6. The Morgan fingerprint density at radius 1 is 0.902 bits per heavy atom. The van der Waals surface area contributed by atoms with Crippen molar-refractivity contribution >= 4 is 45.0 Å². The molecule has 51 heavy (non-hydrogen) atoms. The van der Waals surface area contributed by atoms with E-state index >= 15 is 8.78 Å². The van der Waals surface area contributed by atoms with Crippen LogP contribution in [0.2, 0.25) is 10.0 Å². The Hall–Kier alpha value is -4.10. The van der Waals surface area contributed by atoms with E-state index in [1.54, 1.807) is 39.0 Å². The van der Waals surface area contributed by atoms with Crippen molar-refractivity contribution < 1.29 is 41.4 Å². The maximum atomic E-state index is 16.1. The average Bonchev–Trinajstić information content (AvgIpc) is 3.45.